The Labute approximate surface area is 489 Å². The van der Waals surface area contributed by atoms with E-state index in [0.29, 0.717) is 84.8 Å². The molecule has 12 heteroatoms. The first-order chi connectivity index (χ1) is 42.8. The Bertz CT molecular complexity index is 4410. The molecule has 10 nitrogen and oxygen atoms in total. The van der Waals surface area contributed by atoms with E-state index < -0.39 is 63.2 Å². The van der Waals surface area contributed by atoms with Gasteiger partial charge in [0.2, 0.25) is 0 Å². The molecule has 8 bridgehead atoms. The van der Waals surface area contributed by atoms with Crippen molar-refractivity contribution in [3.05, 3.63) is 216 Å². The van der Waals surface area contributed by atoms with Crippen LogP contribution >= 0.6 is 0 Å². The molecule has 0 fully saturated rings. The SMILES string of the molecule is [2H]C([2H])([2H])N1[C]2=[Pt]=[C]3N(c4cc(C)cc(c4)N(c4cc(C)c(N5c6cccc(c6)N6[C](=[Pt]=[C]7N(c8cc(C)cc5c8)c5ccccc5N7C([2H])([2H])[2H])N(C([2H])([2H])[2H])c5ccccc56)cc4C)c4cccc(c4)N2c2ccccc21)c1ccccc1N3C([2H])([2H])[2H]. The Kier molecular flexibility index (Phi) is 8.17. The fourth-order valence-corrected chi connectivity index (χ4v) is 17.8. The summed E-state index contributed by atoms with van der Waals surface area (Å²) in [5.41, 5.74) is 15.8. The standard InChI is InChI=1S/C66H56N10.2Pt/c1-45-31-53(73-43-69(7)59-25-11-15-29-63(59)73)39-55(33-45)75(51-21-17-19-49(37-51)71-41-67(5)57-23-9-13-27-61(57)71)65-35-48(4)66(36-47(65)3)76(52-22-18-20-50(38-52)72-42-68(6)58-24-10-14-28-62(58)72)56-34-46(2)32-54(40-56)74-44-70(8)60-26-12-16-30-64(60)74;;/h9-40H,1-8H3;;/i5D3,6D3,7D3,8D3;;. The molecule has 0 saturated carbocycles. The quantitative estimate of drug-likeness (QED) is 0.167. The summed E-state index contributed by atoms with van der Waals surface area (Å²) in [6, 6.07) is 62.9. The first kappa shape index (κ1) is 36.0. The normalized spacial score (nSPS) is 18.9. The van der Waals surface area contributed by atoms with Crippen LogP contribution in [-0.4, -0.2) is 44.5 Å². The summed E-state index contributed by atoms with van der Waals surface area (Å²) in [5.74, 6) is 0. The Hall–Kier alpha value is -8.16. The van der Waals surface area contributed by atoms with Crippen LogP contribution in [0.2, 0.25) is 0 Å². The number of hydrogen-bond donors (Lipinski definition) is 0. The van der Waals surface area contributed by atoms with E-state index in [2.05, 4.69) is 96.4 Å². The maximum atomic E-state index is 9.12. The molecule has 390 valence electrons. The molecule has 6 aliphatic heterocycles. The molecule has 6 heterocycles. The predicted octanol–water partition coefficient (Wildman–Crippen LogP) is 14.8. The molecule has 9 aromatic rings. The van der Waals surface area contributed by atoms with Gasteiger partial charge in [0.25, 0.3) is 0 Å². The van der Waals surface area contributed by atoms with Crippen LogP contribution in [0, 0.1) is 27.7 Å². The van der Waals surface area contributed by atoms with Crippen molar-refractivity contribution in [2.24, 2.45) is 0 Å². The summed E-state index contributed by atoms with van der Waals surface area (Å²) in [5, 5.41) is 0. The van der Waals surface area contributed by atoms with Gasteiger partial charge in [0.1, 0.15) is 0 Å². The van der Waals surface area contributed by atoms with Crippen LogP contribution in [0.4, 0.5) is 102 Å². The number of benzene rings is 9. The van der Waals surface area contributed by atoms with E-state index in [9.17, 15) is 0 Å². The van der Waals surface area contributed by atoms with Gasteiger partial charge >= 0.3 is 492 Å². The van der Waals surface area contributed by atoms with Crippen molar-refractivity contribution in [1.29, 1.82) is 0 Å². The molecule has 6 aliphatic rings. The molecule has 0 atom stereocenters. The number of fused-ring (bicyclic) bond motifs is 24. The molecule has 9 aromatic carbocycles. The fourth-order valence-electron chi connectivity index (χ4n) is 11.5. The van der Waals surface area contributed by atoms with Crippen molar-refractivity contribution >= 4 is 119 Å². The summed E-state index contributed by atoms with van der Waals surface area (Å²) in [7, 11) is 0. The van der Waals surface area contributed by atoms with Gasteiger partial charge in [0.15, 0.2) is 0 Å². The summed E-state index contributed by atoms with van der Waals surface area (Å²) in [4.78, 5) is 18.1. The van der Waals surface area contributed by atoms with Crippen LogP contribution in [0.25, 0.3) is 0 Å². The van der Waals surface area contributed by atoms with Gasteiger partial charge in [-0.1, -0.05) is 0 Å². The Morgan fingerprint density at radius 2 is 0.513 bits per heavy atom. The minimum atomic E-state index is -2.65. The molecule has 0 N–H and O–H groups in total. The number of para-hydroxylation sites is 8. The van der Waals surface area contributed by atoms with Crippen LogP contribution in [0.3, 0.4) is 0 Å². The van der Waals surface area contributed by atoms with Gasteiger partial charge in [-0.2, -0.15) is 0 Å². The molecule has 0 spiro atoms. The van der Waals surface area contributed by atoms with Crippen LogP contribution in [0.1, 0.15) is 38.7 Å². The molecular weight excluding hydrogens is 1320 g/mol. The van der Waals surface area contributed by atoms with E-state index in [1.54, 1.807) is 0 Å². The number of nitrogens with zero attached hydrogens (tertiary/aromatic N) is 10. The monoisotopic (exact) mass is 1390 g/mol. The molecule has 0 amide bonds. The second-order valence-electron chi connectivity index (χ2n) is 20.0. The summed E-state index contributed by atoms with van der Waals surface area (Å²) in [6.45, 7) is -2.36. The van der Waals surface area contributed by atoms with Crippen molar-refractivity contribution < 1.29 is 51.7 Å². The first-order valence-corrected chi connectivity index (χ1v) is 30.0. The van der Waals surface area contributed by atoms with Gasteiger partial charge in [-0.15, -0.1) is 0 Å². The molecule has 0 aliphatic carbocycles. The molecule has 0 radical (unpaired) electrons. The van der Waals surface area contributed by atoms with Crippen molar-refractivity contribution in [1.82, 2.24) is 0 Å². The zero-order valence-electron chi connectivity index (χ0n) is 54.6. The van der Waals surface area contributed by atoms with Gasteiger partial charge in [-0.25, -0.2) is 0 Å². The zero-order valence-corrected chi connectivity index (χ0v) is 47.1. The Balaban J connectivity index is 0.969. The Morgan fingerprint density at radius 3 is 0.821 bits per heavy atom. The van der Waals surface area contributed by atoms with E-state index in [0.717, 1.165) is 56.4 Å². The zero-order chi connectivity index (χ0) is 62.8. The van der Waals surface area contributed by atoms with Crippen molar-refractivity contribution in [2.45, 2.75) is 27.7 Å². The van der Waals surface area contributed by atoms with E-state index >= 15 is 0 Å². The van der Waals surface area contributed by atoms with Gasteiger partial charge in [0, 0.05) is 0 Å². The molecule has 0 aromatic heterocycles. The number of hydrogen-bond acceptors (Lipinski definition) is 10. The molecular formula is C66H56N10Pt2. The second-order valence-corrected chi connectivity index (χ2v) is 25.2. The van der Waals surface area contributed by atoms with Gasteiger partial charge in [0.05, 0.1) is 0 Å². The average molecular weight is 1390 g/mol. The molecule has 0 saturated heterocycles. The van der Waals surface area contributed by atoms with Crippen molar-refractivity contribution in [2.75, 3.05) is 76.9 Å². The first-order valence-electron chi connectivity index (χ1n) is 31.4. The predicted molar refractivity (Wildman–Crippen MR) is 323 cm³/mol. The van der Waals surface area contributed by atoms with Gasteiger partial charge in [-0.05, 0) is 0 Å². The van der Waals surface area contributed by atoms with Crippen molar-refractivity contribution in [3.8, 4) is 0 Å². The summed E-state index contributed by atoms with van der Waals surface area (Å²) < 4.78 is 111. The van der Waals surface area contributed by atoms with E-state index in [4.69, 9.17) is 16.4 Å². The summed E-state index contributed by atoms with van der Waals surface area (Å²) >= 11 is -3.32. The van der Waals surface area contributed by atoms with Crippen LogP contribution < -0.4 is 49.0 Å². The van der Waals surface area contributed by atoms with Crippen LogP contribution in [0.15, 0.2) is 194 Å². The van der Waals surface area contributed by atoms with Crippen LogP contribution in [0.5, 0.6) is 0 Å². The minimum absolute atomic E-state index is 0.471. The summed E-state index contributed by atoms with van der Waals surface area (Å²) in [6.07, 6.45) is 0. The average Bonchev–Trinajstić information content (AvgIpc) is 1.74. The van der Waals surface area contributed by atoms with Crippen LogP contribution in [-0.2, 0) is 35.3 Å². The topological polar surface area (TPSA) is 32.4 Å². The van der Waals surface area contributed by atoms with Gasteiger partial charge < -0.3 is 0 Å². The molecule has 0 unspecified atom stereocenters. The number of rotatable bonds is 2. The van der Waals surface area contributed by atoms with Gasteiger partial charge in [-0.3, -0.25) is 0 Å². The Morgan fingerprint density at radius 1 is 0.256 bits per heavy atom. The third kappa shape index (κ3) is 7.02. The maximum absolute atomic E-state index is 9.12. The third-order valence-electron chi connectivity index (χ3n) is 14.9. The second kappa shape index (κ2) is 17.7. The number of anilines is 18. The fraction of sp³-hybridized carbons (Fsp3) is 0.121. The van der Waals surface area contributed by atoms with Crippen molar-refractivity contribution in [3.63, 3.8) is 0 Å². The third-order valence-corrected chi connectivity index (χ3v) is 21.0. The van der Waals surface area contributed by atoms with E-state index in [-0.39, 0.29) is 0 Å². The molecule has 78 heavy (non-hydrogen) atoms. The van der Waals surface area contributed by atoms with E-state index in [1.165, 1.54) is 19.6 Å². The number of aryl methyl sites for hydroxylation is 4. The van der Waals surface area contributed by atoms with E-state index in [1.807, 2.05) is 155 Å². The molecule has 15 rings (SSSR count).